The number of allylic oxidation sites excluding steroid dienone is 1. The first-order valence-corrected chi connectivity index (χ1v) is 11.8. The highest BCUT2D eigenvalue weighted by Gasteiger charge is 2.29. The molecule has 7 heteroatoms. The van der Waals surface area contributed by atoms with Crippen molar-refractivity contribution in [2.75, 3.05) is 11.9 Å². The van der Waals surface area contributed by atoms with Crippen molar-refractivity contribution in [2.24, 2.45) is 0 Å². The maximum absolute atomic E-state index is 10.6. The lowest BCUT2D eigenvalue weighted by molar-refractivity contribution is 0.118. The quantitative estimate of drug-likeness (QED) is 0.408. The fourth-order valence-electron chi connectivity index (χ4n) is 5.11. The van der Waals surface area contributed by atoms with Crippen LogP contribution in [-0.2, 0) is 17.8 Å². The topological polar surface area (TPSA) is 84.6 Å². The highest BCUT2D eigenvalue weighted by molar-refractivity contribution is 5.54. The number of rotatable bonds is 7. The fourth-order valence-corrected chi connectivity index (χ4v) is 5.11. The van der Waals surface area contributed by atoms with E-state index in [4.69, 9.17) is 4.74 Å². The van der Waals surface area contributed by atoms with Gasteiger partial charge in [0.1, 0.15) is 6.33 Å². The van der Waals surface area contributed by atoms with Gasteiger partial charge in [-0.1, -0.05) is 60.7 Å². The summed E-state index contributed by atoms with van der Waals surface area (Å²) in [4.78, 5) is 9.00. The van der Waals surface area contributed by atoms with Crippen molar-refractivity contribution in [3.05, 3.63) is 101 Å². The van der Waals surface area contributed by atoms with Gasteiger partial charge in [-0.15, -0.1) is 0 Å². The minimum absolute atomic E-state index is 0.0396. The summed E-state index contributed by atoms with van der Waals surface area (Å²) in [6.45, 7) is 0.938. The SMILES string of the molecule is O[C@H]1C[C@H](c2cnn3c(N[C@H]4CCc5ccccc54)ncnc23)C=C1COCc1ccccc1. The molecule has 172 valence electrons. The molecule has 0 aliphatic heterocycles. The molecule has 6 rings (SSSR count). The normalized spacial score (nSPS) is 21.6. The van der Waals surface area contributed by atoms with E-state index in [1.807, 2.05) is 36.5 Å². The van der Waals surface area contributed by atoms with Gasteiger partial charge < -0.3 is 15.2 Å². The molecule has 0 saturated heterocycles. The van der Waals surface area contributed by atoms with E-state index in [1.165, 1.54) is 11.1 Å². The van der Waals surface area contributed by atoms with E-state index in [1.54, 1.807) is 10.8 Å². The predicted octanol–water partition coefficient (Wildman–Crippen LogP) is 4.22. The van der Waals surface area contributed by atoms with Crippen LogP contribution in [0.15, 0.2) is 78.8 Å². The highest BCUT2D eigenvalue weighted by Crippen LogP contribution is 2.36. The van der Waals surface area contributed by atoms with E-state index in [-0.39, 0.29) is 12.0 Å². The number of hydrogen-bond acceptors (Lipinski definition) is 6. The van der Waals surface area contributed by atoms with Crippen LogP contribution >= 0.6 is 0 Å². The van der Waals surface area contributed by atoms with Crippen molar-refractivity contribution in [3.8, 4) is 0 Å². The molecule has 7 nitrogen and oxygen atoms in total. The molecule has 0 fully saturated rings. The van der Waals surface area contributed by atoms with Gasteiger partial charge in [0.2, 0.25) is 5.95 Å². The number of nitrogens with one attached hydrogen (secondary N) is 1. The summed E-state index contributed by atoms with van der Waals surface area (Å²) < 4.78 is 7.64. The van der Waals surface area contributed by atoms with Crippen molar-refractivity contribution in [2.45, 2.75) is 43.9 Å². The number of hydrogen-bond donors (Lipinski definition) is 2. The molecule has 34 heavy (non-hydrogen) atoms. The zero-order valence-corrected chi connectivity index (χ0v) is 18.8. The molecule has 3 atom stereocenters. The van der Waals surface area contributed by atoms with E-state index >= 15 is 0 Å². The average molecular weight is 454 g/mol. The molecule has 2 heterocycles. The third kappa shape index (κ3) is 3.97. The first-order chi connectivity index (χ1) is 16.8. The Balaban J connectivity index is 1.19. The zero-order chi connectivity index (χ0) is 22.9. The van der Waals surface area contributed by atoms with Crippen molar-refractivity contribution in [1.82, 2.24) is 19.6 Å². The highest BCUT2D eigenvalue weighted by atomic mass is 16.5. The molecule has 2 aromatic heterocycles. The molecular formula is C27H27N5O2. The van der Waals surface area contributed by atoms with Gasteiger partial charge in [0.25, 0.3) is 0 Å². The van der Waals surface area contributed by atoms with Gasteiger partial charge >= 0.3 is 0 Å². The summed E-state index contributed by atoms with van der Waals surface area (Å²) in [5, 5.41) is 18.8. The largest absolute Gasteiger partial charge is 0.389 e. The Bertz CT molecular complexity index is 1330. The predicted molar refractivity (Wildman–Crippen MR) is 129 cm³/mol. The van der Waals surface area contributed by atoms with Crippen molar-refractivity contribution in [3.63, 3.8) is 0 Å². The molecule has 0 amide bonds. The summed E-state index contributed by atoms with van der Waals surface area (Å²) in [6, 6.07) is 18.8. The van der Waals surface area contributed by atoms with Crippen molar-refractivity contribution >= 4 is 11.6 Å². The number of aromatic nitrogens is 4. The molecule has 2 aliphatic rings. The summed E-state index contributed by atoms with van der Waals surface area (Å²) in [7, 11) is 0. The van der Waals surface area contributed by atoms with Gasteiger partial charge in [0.05, 0.1) is 31.6 Å². The van der Waals surface area contributed by atoms with Crippen LogP contribution in [0.3, 0.4) is 0 Å². The van der Waals surface area contributed by atoms with E-state index in [0.29, 0.717) is 25.6 Å². The lowest BCUT2D eigenvalue weighted by Crippen LogP contribution is -2.13. The van der Waals surface area contributed by atoms with Crippen LogP contribution in [0, 0.1) is 0 Å². The van der Waals surface area contributed by atoms with Gasteiger partial charge in [0, 0.05) is 11.5 Å². The zero-order valence-electron chi connectivity index (χ0n) is 18.8. The van der Waals surface area contributed by atoms with Crippen LogP contribution in [0.2, 0.25) is 0 Å². The molecular weight excluding hydrogens is 426 g/mol. The average Bonchev–Trinajstić information content (AvgIpc) is 3.58. The number of aliphatic hydroxyl groups is 1. The smallest absolute Gasteiger partial charge is 0.227 e. The van der Waals surface area contributed by atoms with E-state index in [2.05, 4.69) is 50.7 Å². The molecule has 0 bridgehead atoms. The Morgan fingerprint density at radius 3 is 2.76 bits per heavy atom. The third-order valence-corrected chi connectivity index (χ3v) is 6.87. The summed E-state index contributed by atoms with van der Waals surface area (Å²) >= 11 is 0. The first-order valence-electron chi connectivity index (χ1n) is 11.8. The molecule has 2 aromatic carbocycles. The van der Waals surface area contributed by atoms with Crippen LogP contribution in [0.1, 0.15) is 47.1 Å². The van der Waals surface area contributed by atoms with Crippen molar-refractivity contribution < 1.29 is 9.84 Å². The van der Waals surface area contributed by atoms with Crippen LogP contribution in [0.25, 0.3) is 5.65 Å². The van der Waals surface area contributed by atoms with E-state index in [9.17, 15) is 5.11 Å². The molecule has 0 radical (unpaired) electrons. The summed E-state index contributed by atoms with van der Waals surface area (Å²) in [5.74, 6) is 0.727. The molecule has 0 saturated carbocycles. The Morgan fingerprint density at radius 2 is 1.85 bits per heavy atom. The van der Waals surface area contributed by atoms with Crippen LogP contribution in [-0.4, -0.2) is 37.4 Å². The third-order valence-electron chi connectivity index (χ3n) is 6.87. The maximum Gasteiger partial charge on any atom is 0.227 e. The molecule has 0 unspecified atom stereocenters. The Labute approximate surface area is 198 Å². The second-order valence-electron chi connectivity index (χ2n) is 9.04. The number of nitrogens with zero attached hydrogens (tertiary/aromatic N) is 4. The van der Waals surface area contributed by atoms with Gasteiger partial charge in [-0.3, -0.25) is 0 Å². The van der Waals surface area contributed by atoms with Gasteiger partial charge in [-0.05, 0) is 41.5 Å². The maximum atomic E-state index is 10.6. The second-order valence-corrected chi connectivity index (χ2v) is 9.04. The number of anilines is 1. The standard InChI is InChI=1S/C27H27N5O2/c33-25-13-20(12-21(25)16-34-15-18-6-2-1-3-7-18)23-14-30-32-26(23)28-17-29-27(32)31-24-11-10-19-8-4-5-9-22(19)24/h1-9,12,14,17,20,24-25,33H,10-11,13,15-16H2,(H,28,29,31)/t20-,24+,25+/m1/s1. The minimum atomic E-state index is -0.523. The molecule has 2 aliphatic carbocycles. The van der Waals surface area contributed by atoms with Gasteiger partial charge in [-0.25, -0.2) is 9.97 Å². The van der Waals surface area contributed by atoms with Crippen LogP contribution < -0.4 is 5.32 Å². The minimum Gasteiger partial charge on any atom is -0.389 e. The Kier molecular flexibility index (Phi) is 5.57. The van der Waals surface area contributed by atoms with Gasteiger partial charge in [-0.2, -0.15) is 9.61 Å². The van der Waals surface area contributed by atoms with Gasteiger partial charge in [0.15, 0.2) is 5.65 Å². The second kappa shape index (κ2) is 9.00. The number of benzene rings is 2. The summed E-state index contributed by atoms with van der Waals surface area (Å²) in [6.07, 6.45) is 7.71. The Hall–Kier alpha value is -3.55. The molecule has 2 N–H and O–H groups in total. The fraction of sp³-hybridized carbons (Fsp3) is 0.296. The number of aryl methyl sites for hydroxylation is 1. The van der Waals surface area contributed by atoms with E-state index in [0.717, 1.165) is 35.2 Å². The lowest BCUT2D eigenvalue weighted by Gasteiger charge is -2.15. The monoisotopic (exact) mass is 453 g/mol. The van der Waals surface area contributed by atoms with E-state index < -0.39 is 6.10 Å². The van der Waals surface area contributed by atoms with Crippen LogP contribution in [0.4, 0.5) is 5.95 Å². The van der Waals surface area contributed by atoms with Crippen molar-refractivity contribution in [1.29, 1.82) is 0 Å². The lowest BCUT2D eigenvalue weighted by atomic mass is 10.0. The molecule has 0 spiro atoms. The summed E-state index contributed by atoms with van der Waals surface area (Å²) in [5.41, 5.74) is 6.51. The number of fused-ring (bicyclic) bond motifs is 2. The van der Waals surface area contributed by atoms with Crippen LogP contribution in [0.5, 0.6) is 0 Å². The Morgan fingerprint density at radius 1 is 1.00 bits per heavy atom. The number of ether oxygens (including phenoxy) is 1. The molecule has 4 aromatic rings. The number of aliphatic hydroxyl groups excluding tert-OH is 1. The first kappa shape index (κ1) is 21.0.